The number of benzene rings is 2. The fraction of sp³-hybridized carbons (Fsp3) is 0.480. The fourth-order valence-corrected chi connectivity index (χ4v) is 5.23. The molecule has 0 N–H and O–H groups in total. The highest BCUT2D eigenvalue weighted by atomic mass is 16.7. The maximum atomic E-state index is 12.2. The Labute approximate surface area is 197 Å². The van der Waals surface area contributed by atoms with Crippen LogP contribution in [0.1, 0.15) is 44.1 Å². The molecule has 3 aliphatic rings. The smallest absolute Gasteiger partial charge is 0.303 e. The third-order valence-corrected chi connectivity index (χ3v) is 6.90. The van der Waals surface area contributed by atoms with Crippen LogP contribution in [0.15, 0.2) is 12.1 Å². The predicted molar refractivity (Wildman–Crippen MR) is 120 cm³/mol. The zero-order valence-electron chi connectivity index (χ0n) is 20.1. The molecule has 0 radical (unpaired) electrons. The third kappa shape index (κ3) is 3.21. The standard InChI is InChI=1S/C25H28O9/c1-11-12(2)21(34-13(3)26)15-8-17-23(33-10-31-17)25(29-6)19(15)18-14(20(11)27-4)7-16-22(24(18)28-5)32-9-30-16/h7-8,11-12,20-21H,9-10H2,1-6H3. The molecular formula is C25H28O9. The normalized spacial score (nSPS) is 23.9. The Balaban J connectivity index is 1.94. The van der Waals surface area contributed by atoms with Crippen molar-refractivity contribution in [3.63, 3.8) is 0 Å². The van der Waals surface area contributed by atoms with Crippen molar-refractivity contribution < 1.29 is 42.7 Å². The average molecular weight is 472 g/mol. The molecule has 182 valence electrons. The Kier molecular flexibility index (Phi) is 5.59. The minimum Gasteiger partial charge on any atom is -0.492 e. The summed E-state index contributed by atoms with van der Waals surface area (Å²) in [5.74, 6) is 2.44. The van der Waals surface area contributed by atoms with Gasteiger partial charge in [-0.2, -0.15) is 0 Å². The molecule has 2 aromatic carbocycles. The lowest BCUT2D eigenvalue weighted by molar-refractivity contribution is -0.151. The summed E-state index contributed by atoms with van der Waals surface area (Å²) in [6, 6.07) is 3.79. The van der Waals surface area contributed by atoms with Gasteiger partial charge in [-0.15, -0.1) is 0 Å². The first-order valence-corrected chi connectivity index (χ1v) is 11.1. The average Bonchev–Trinajstić information content (AvgIpc) is 3.49. The highest BCUT2D eigenvalue weighted by Gasteiger charge is 2.43. The van der Waals surface area contributed by atoms with Crippen LogP contribution in [0.3, 0.4) is 0 Å². The van der Waals surface area contributed by atoms with Gasteiger partial charge in [-0.3, -0.25) is 4.79 Å². The zero-order valence-corrected chi connectivity index (χ0v) is 20.1. The van der Waals surface area contributed by atoms with Gasteiger partial charge in [-0.1, -0.05) is 13.8 Å². The van der Waals surface area contributed by atoms with Crippen molar-refractivity contribution in [3.8, 4) is 45.6 Å². The summed E-state index contributed by atoms with van der Waals surface area (Å²) in [7, 11) is 4.80. The second-order valence-corrected chi connectivity index (χ2v) is 8.62. The molecular weight excluding hydrogens is 444 g/mol. The molecule has 9 heteroatoms. The Hall–Kier alpha value is -3.33. The molecule has 4 unspecified atom stereocenters. The van der Waals surface area contributed by atoms with Crippen molar-refractivity contribution in [1.82, 2.24) is 0 Å². The van der Waals surface area contributed by atoms with Crippen LogP contribution in [0.2, 0.25) is 0 Å². The highest BCUT2D eigenvalue weighted by molar-refractivity contribution is 5.89. The summed E-state index contributed by atoms with van der Waals surface area (Å²) in [6.45, 7) is 5.66. The number of hydrogen-bond donors (Lipinski definition) is 0. The van der Waals surface area contributed by atoms with E-state index in [1.165, 1.54) is 6.92 Å². The van der Waals surface area contributed by atoms with E-state index in [1.807, 2.05) is 19.1 Å². The van der Waals surface area contributed by atoms with Crippen molar-refractivity contribution >= 4 is 5.97 Å². The SMILES string of the molecule is COc1c2c(cc3c1-c1c(cc4c(c1OC)OCO4)C(OC(C)=O)C(C)C(C)C3OC)OCO2. The molecule has 0 aromatic heterocycles. The van der Waals surface area contributed by atoms with E-state index in [1.54, 1.807) is 21.3 Å². The molecule has 2 heterocycles. The summed E-state index contributed by atoms with van der Waals surface area (Å²) in [4.78, 5) is 12.2. The van der Waals surface area contributed by atoms with Crippen LogP contribution >= 0.6 is 0 Å². The van der Waals surface area contributed by atoms with Gasteiger partial charge >= 0.3 is 5.97 Å². The predicted octanol–water partition coefficient (Wildman–Crippen LogP) is 4.41. The van der Waals surface area contributed by atoms with Gasteiger partial charge in [0.15, 0.2) is 23.0 Å². The summed E-state index contributed by atoms with van der Waals surface area (Å²) in [6.07, 6.45) is -0.971. The molecule has 0 bridgehead atoms. The van der Waals surface area contributed by atoms with Crippen LogP contribution in [0.25, 0.3) is 11.1 Å². The van der Waals surface area contributed by atoms with E-state index in [0.717, 1.165) is 11.1 Å². The molecule has 2 aliphatic heterocycles. The van der Waals surface area contributed by atoms with Crippen molar-refractivity contribution in [2.75, 3.05) is 34.9 Å². The largest absolute Gasteiger partial charge is 0.492 e. The topological polar surface area (TPSA) is 90.9 Å². The molecule has 4 atom stereocenters. The molecule has 1 aliphatic carbocycles. The lowest BCUT2D eigenvalue weighted by Crippen LogP contribution is -2.29. The molecule has 2 aromatic rings. The second kappa shape index (κ2) is 8.47. The van der Waals surface area contributed by atoms with E-state index in [9.17, 15) is 4.79 Å². The zero-order chi connectivity index (χ0) is 24.1. The van der Waals surface area contributed by atoms with Crippen LogP contribution in [0, 0.1) is 11.8 Å². The minimum atomic E-state index is -0.605. The van der Waals surface area contributed by atoms with Gasteiger partial charge < -0.3 is 37.9 Å². The van der Waals surface area contributed by atoms with Gasteiger partial charge in [0.25, 0.3) is 0 Å². The van der Waals surface area contributed by atoms with Gasteiger partial charge in [0.05, 0.1) is 20.3 Å². The maximum absolute atomic E-state index is 12.2. The van der Waals surface area contributed by atoms with Crippen LogP contribution in [0.5, 0.6) is 34.5 Å². The summed E-state index contributed by atoms with van der Waals surface area (Å²) in [5.41, 5.74) is 2.95. The monoisotopic (exact) mass is 472 g/mol. The van der Waals surface area contributed by atoms with Crippen molar-refractivity contribution in [3.05, 3.63) is 23.3 Å². The van der Waals surface area contributed by atoms with E-state index < -0.39 is 6.10 Å². The number of rotatable bonds is 4. The number of esters is 1. The van der Waals surface area contributed by atoms with E-state index >= 15 is 0 Å². The number of hydrogen-bond acceptors (Lipinski definition) is 9. The van der Waals surface area contributed by atoms with E-state index in [4.69, 9.17) is 37.9 Å². The molecule has 0 fully saturated rings. The molecule has 9 nitrogen and oxygen atoms in total. The highest BCUT2D eigenvalue weighted by Crippen LogP contribution is 2.61. The quantitative estimate of drug-likeness (QED) is 0.600. The van der Waals surface area contributed by atoms with Crippen LogP contribution < -0.4 is 28.4 Å². The lowest BCUT2D eigenvalue weighted by atomic mass is 9.74. The summed E-state index contributed by atoms with van der Waals surface area (Å²) >= 11 is 0. The fourth-order valence-electron chi connectivity index (χ4n) is 5.23. The number of carbonyl (C=O) groups excluding carboxylic acids is 1. The van der Waals surface area contributed by atoms with E-state index in [0.29, 0.717) is 45.6 Å². The van der Waals surface area contributed by atoms with Gasteiger partial charge in [-0.25, -0.2) is 0 Å². The van der Waals surface area contributed by atoms with E-state index in [2.05, 4.69) is 6.92 Å². The van der Waals surface area contributed by atoms with Crippen LogP contribution in [0.4, 0.5) is 0 Å². The van der Waals surface area contributed by atoms with Crippen molar-refractivity contribution in [1.29, 1.82) is 0 Å². The van der Waals surface area contributed by atoms with Gasteiger partial charge in [0, 0.05) is 36.6 Å². The number of fused-ring (bicyclic) bond motifs is 5. The Morgan fingerprint density at radius 1 is 0.794 bits per heavy atom. The van der Waals surface area contributed by atoms with Gasteiger partial charge in [-0.05, 0) is 23.6 Å². The number of methoxy groups -OCH3 is 3. The molecule has 5 rings (SSSR count). The van der Waals surface area contributed by atoms with Crippen LogP contribution in [-0.2, 0) is 14.3 Å². The first-order valence-electron chi connectivity index (χ1n) is 11.1. The Morgan fingerprint density at radius 3 is 1.71 bits per heavy atom. The minimum absolute atomic E-state index is 0.0530. The molecule has 0 saturated heterocycles. The number of ether oxygens (including phenoxy) is 8. The first-order chi connectivity index (χ1) is 16.4. The van der Waals surface area contributed by atoms with Crippen molar-refractivity contribution in [2.45, 2.75) is 33.0 Å². The van der Waals surface area contributed by atoms with Gasteiger partial charge in [0.1, 0.15) is 6.10 Å². The maximum Gasteiger partial charge on any atom is 0.303 e. The Morgan fingerprint density at radius 2 is 1.26 bits per heavy atom. The molecule has 0 spiro atoms. The molecule has 0 amide bonds. The summed E-state index contributed by atoms with van der Waals surface area (Å²) in [5, 5.41) is 0. The number of carbonyl (C=O) groups is 1. The third-order valence-electron chi connectivity index (χ3n) is 6.90. The van der Waals surface area contributed by atoms with Crippen molar-refractivity contribution in [2.24, 2.45) is 11.8 Å². The first kappa shape index (κ1) is 22.5. The molecule has 0 saturated carbocycles. The summed E-state index contributed by atoms with van der Waals surface area (Å²) < 4.78 is 46.8. The van der Waals surface area contributed by atoms with E-state index in [-0.39, 0.29) is 37.5 Å². The van der Waals surface area contributed by atoms with Crippen LogP contribution in [-0.4, -0.2) is 40.9 Å². The Bertz CT molecular complexity index is 1140. The lowest BCUT2D eigenvalue weighted by Gasteiger charge is -2.38. The van der Waals surface area contributed by atoms with Gasteiger partial charge in [0.2, 0.25) is 25.1 Å². The molecule has 34 heavy (non-hydrogen) atoms. The second-order valence-electron chi connectivity index (χ2n) is 8.62.